The third-order valence-corrected chi connectivity index (χ3v) is 2.78. The fourth-order valence-corrected chi connectivity index (χ4v) is 1.68. The number of amides is 2. The molecule has 1 aromatic rings. The normalized spacial score (nSPS) is 9.38. The van der Waals surface area contributed by atoms with E-state index in [9.17, 15) is 9.59 Å². The van der Waals surface area contributed by atoms with Crippen LogP contribution < -0.4 is 10.8 Å². The second-order valence-electron chi connectivity index (χ2n) is 4.54. The van der Waals surface area contributed by atoms with Crippen molar-refractivity contribution in [3.63, 3.8) is 0 Å². The zero-order chi connectivity index (χ0) is 15.3. The highest BCUT2D eigenvalue weighted by Gasteiger charge is 2.00. The van der Waals surface area contributed by atoms with Crippen molar-refractivity contribution in [1.29, 1.82) is 0 Å². The largest absolute Gasteiger partial charge is 0.355 e. The summed E-state index contributed by atoms with van der Waals surface area (Å²) in [6, 6.07) is 9.52. The number of nitrogens with one attached hydrogen (secondary N) is 2. The van der Waals surface area contributed by atoms with E-state index in [0.717, 1.165) is 18.4 Å². The highest BCUT2D eigenvalue weighted by molar-refractivity contribution is 5.78. The molecule has 0 fully saturated rings. The first-order valence-corrected chi connectivity index (χ1v) is 6.96. The average Bonchev–Trinajstić information content (AvgIpc) is 2.51. The van der Waals surface area contributed by atoms with Crippen LogP contribution in [-0.2, 0) is 9.59 Å². The summed E-state index contributed by atoms with van der Waals surface area (Å²) in [5.41, 5.74) is 2.48. The fourth-order valence-electron chi connectivity index (χ4n) is 1.68. The Bertz CT molecular complexity index is 503. The van der Waals surface area contributed by atoms with Gasteiger partial charge in [-0.05, 0) is 25.0 Å². The molecule has 1 rings (SSSR count). The molecule has 1 aromatic carbocycles. The summed E-state index contributed by atoms with van der Waals surface area (Å²) in [6.45, 7) is 0.576. The van der Waals surface area contributed by atoms with Gasteiger partial charge < -0.3 is 5.32 Å². The molecular weight excluding hydrogens is 268 g/mol. The van der Waals surface area contributed by atoms with Gasteiger partial charge >= 0.3 is 0 Å². The maximum absolute atomic E-state index is 11.5. The van der Waals surface area contributed by atoms with Crippen molar-refractivity contribution in [3.05, 3.63) is 35.9 Å². The molecule has 0 atom stereocenters. The Balaban J connectivity index is 2.07. The summed E-state index contributed by atoms with van der Waals surface area (Å²) in [6.07, 6.45) is 2.80. The minimum atomic E-state index is -0.379. The molecular formula is C16H20N2O3. The van der Waals surface area contributed by atoms with Gasteiger partial charge in [-0.3, -0.25) is 14.8 Å². The van der Waals surface area contributed by atoms with Crippen LogP contribution in [-0.4, -0.2) is 23.6 Å². The molecule has 0 aliphatic heterocycles. The van der Waals surface area contributed by atoms with Crippen molar-refractivity contribution in [2.24, 2.45) is 0 Å². The number of carbonyl (C=O) groups excluding carboxylic acids is 2. The predicted octanol–water partition coefficient (Wildman–Crippen LogP) is 1.61. The van der Waals surface area contributed by atoms with Gasteiger partial charge in [0.15, 0.2) is 0 Å². The summed E-state index contributed by atoms with van der Waals surface area (Å²) in [7, 11) is 0. The fraction of sp³-hybridized carbons (Fsp3) is 0.375. The number of unbranched alkanes of at least 4 members (excludes halogenated alkanes) is 2. The van der Waals surface area contributed by atoms with Crippen molar-refractivity contribution in [2.45, 2.75) is 32.1 Å². The number of hydrogen-bond acceptors (Lipinski definition) is 3. The van der Waals surface area contributed by atoms with Gasteiger partial charge in [-0.1, -0.05) is 36.5 Å². The maximum Gasteiger partial charge on any atom is 0.243 e. The van der Waals surface area contributed by atoms with E-state index < -0.39 is 0 Å². The maximum atomic E-state index is 11.5. The molecule has 112 valence electrons. The van der Waals surface area contributed by atoms with Crippen molar-refractivity contribution < 1.29 is 14.8 Å². The molecule has 0 unspecified atom stereocenters. The lowest BCUT2D eigenvalue weighted by molar-refractivity contribution is -0.129. The van der Waals surface area contributed by atoms with Crippen LogP contribution in [0.2, 0.25) is 0 Å². The molecule has 21 heavy (non-hydrogen) atoms. The lowest BCUT2D eigenvalue weighted by Crippen LogP contribution is -2.23. The molecule has 5 nitrogen and oxygen atoms in total. The second-order valence-corrected chi connectivity index (χ2v) is 4.54. The number of carbonyl (C=O) groups is 2. The monoisotopic (exact) mass is 288 g/mol. The van der Waals surface area contributed by atoms with Gasteiger partial charge in [0, 0.05) is 18.5 Å². The molecule has 0 aromatic heterocycles. The zero-order valence-electron chi connectivity index (χ0n) is 11.9. The topological polar surface area (TPSA) is 78.4 Å². The summed E-state index contributed by atoms with van der Waals surface area (Å²) in [4.78, 5) is 22.3. The van der Waals surface area contributed by atoms with Gasteiger partial charge in [-0.2, -0.15) is 0 Å². The van der Waals surface area contributed by atoms with E-state index in [2.05, 4.69) is 17.2 Å². The van der Waals surface area contributed by atoms with E-state index >= 15 is 0 Å². The first-order chi connectivity index (χ1) is 10.2. The standard InChI is InChI=1S/C16H20N2O3/c19-15(12-7-10-14-8-3-1-4-9-14)17-13-6-2-5-11-16(20)18-21/h1,3-4,8-9,21H,2,5-6,11-13H2,(H,17,19)(H,18,20). The Kier molecular flexibility index (Phi) is 8.34. The quantitative estimate of drug-likeness (QED) is 0.309. The molecule has 0 saturated heterocycles. The van der Waals surface area contributed by atoms with Gasteiger partial charge in [0.1, 0.15) is 0 Å². The van der Waals surface area contributed by atoms with Crippen molar-refractivity contribution in [1.82, 2.24) is 10.8 Å². The summed E-state index contributed by atoms with van der Waals surface area (Å²) >= 11 is 0. The van der Waals surface area contributed by atoms with Crippen LogP contribution >= 0.6 is 0 Å². The molecule has 2 amide bonds. The van der Waals surface area contributed by atoms with Crippen LogP contribution in [0, 0.1) is 11.8 Å². The lowest BCUT2D eigenvalue weighted by Gasteiger charge is -2.02. The molecule has 0 spiro atoms. The molecule has 3 N–H and O–H groups in total. The van der Waals surface area contributed by atoms with Crippen LogP contribution in [0.5, 0.6) is 0 Å². The van der Waals surface area contributed by atoms with Crippen molar-refractivity contribution in [2.75, 3.05) is 6.54 Å². The minimum Gasteiger partial charge on any atom is -0.355 e. The van der Waals surface area contributed by atoms with Gasteiger partial charge in [0.05, 0.1) is 6.42 Å². The summed E-state index contributed by atoms with van der Waals surface area (Å²) in [5, 5.41) is 11.1. The van der Waals surface area contributed by atoms with Gasteiger partial charge in [-0.15, -0.1) is 0 Å². The predicted molar refractivity (Wildman–Crippen MR) is 79.3 cm³/mol. The molecule has 0 heterocycles. The molecule has 0 aliphatic rings. The summed E-state index contributed by atoms with van der Waals surface area (Å²) < 4.78 is 0. The van der Waals surface area contributed by atoms with Crippen molar-refractivity contribution >= 4 is 11.8 Å². The highest BCUT2D eigenvalue weighted by Crippen LogP contribution is 1.98. The SMILES string of the molecule is O=C(CCCCCNC(=O)CC#Cc1ccccc1)NO. The first-order valence-electron chi connectivity index (χ1n) is 6.96. The highest BCUT2D eigenvalue weighted by atomic mass is 16.5. The lowest BCUT2D eigenvalue weighted by atomic mass is 10.2. The van der Waals surface area contributed by atoms with E-state index in [1.54, 1.807) is 5.48 Å². The number of hydrogen-bond donors (Lipinski definition) is 3. The Labute approximate surface area is 124 Å². The Hall–Kier alpha value is -2.32. The van der Waals surface area contributed by atoms with Gasteiger partial charge in [-0.25, -0.2) is 5.48 Å². The third kappa shape index (κ3) is 8.45. The zero-order valence-corrected chi connectivity index (χ0v) is 11.9. The van der Waals surface area contributed by atoms with E-state index in [1.807, 2.05) is 30.3 Å². The van der Waals surface area contributed by atoms with Crippen LogP contribution in [0.4, 0.5) is 0 Å². The average molecular weight is 288 g/mol. The molecule has 0 aliphatic carbocycles. The van der Waals surface area contributed by atoms with Crippen LogP contribution in [0.15, 0.2) is 30.3 Å². The van der Waals surface area contributed by atoms with E-state index in [-0.39, 0.29) is 18.2 Å². The van der Waals surface area contributed by atoms with Crippen molar-refractivity contribution in [3.8, 4) is 11.8 Å². The third-order valence-electron chi connectivity index (χ3n) is 2.78. The Morgan fingerprint density at radius 2 is 1.81 bits per heavy atom. The molecule has 0 radical (unpaired) electrons. The van der Waals surface area contributed by atoms with Gasteiger partial charge in [0.25, 0.3) is 0 Å². The molecule has 0 saturated carbocycles. The van der Waals surface area contributed by atoms with E-state index in [0.29, 0.717) is 19.4 Å². The Morgan fingerprint density at radius 1 is 1.05 bits per heavy atom. The Morgan fingerprint density at radius 3 is 2.52 bits per heavy atom. The molecule has 5 heteroatoms. The molecule has 0 bridgehead atoms. The van der Waals surface area contributed by atoms with Gasteiger partial charge in [0.2, 0.25) is 11.8 Å². The van der Waals surface area contributed by atoms with E-state index in [4.69, 9.17) is 5.21 Å². The van der Waals surface area contributed by atoms with Crippen LogP contribution in [0.1, 0.15) is 37.7 Å². The number of benzene rings is 1. The smallest absolute Gasteiger partial charge is 0.243 e. The first kappa shape index (κ1) is 16.7. The summed E-state index contributed by atoms with van der Waals surface area (Å²) in [5.74, 6) is 5.29. The van der Waals surface area contributed by atoms with E-state index in [1.165, 1.54) is 0 Å². The van der Waals surface area contributed by atoms with Crippen LogP contribution in [0.3, 0.4) is 0 Å². The number of hydroxylamine groups is 1. The number of rotatable bonds is 7. The van der Waals surface area contributed by atoms with Crippen LogP contribution in [0.25, 0.3) is 0 Å². The second kappa shape index (κ2) is 10.5. The minimum absolute atomic E-state index is 0.0912.